The zero-order chi connectivity index (χ0) is 22.0. The van der Waals surface area contributed by atoms with Gasteiger partial charge in [-0.3, -0.25) is 4.79 Å². The minimum Gasteiger partial charge on any atom is -0.454 e. The molecule has 0 spiro atoms. The Morgan fingerprint density at radius 3 is 2.35 bits per heavy atom. The Labute approximate surface area is 183 Å². The minimum atomic E-state index is -3.84. The first-order valence-electron chi connectivity index (χ1n) is 10.8. The van der Waals surface area contributed by atoms with Crippen molar-refractivity contribution in [1.82, 2.24) is 4.72 Å². The molecule has 0 aromatic heterocycles. The van der Waals surface area contributed by atoms with E-state index in [4.69, 9.17) is 4.74 Å². The van der Waals surface area contributed by atoms with Crippen LogP contribution in [0.5, 0.6) is 0 Å². The summed E-state index contributed by atoms with van der Waals surface area (Å²) in [6.45, 7) is 1.88. The van der Waals surface area contributed by atoms with Crippen LogP contribution in [0.3, 0.4) is 0 Å². The number of esters is 1. The monoisotopic (exact) mass is 441 g/mol. The van der Waals surface area contributed by atoms with E-state index in [1.54, 1.807) is 24.3 Å². The number of carbonyl (C=O) groups excluding carboxylic acids is 2. The van der Waals surface area contributed by atoms with E-state index in [0.717, 1.165) is 36.0 Å². The van der Waals surface area contributed by atoms with Gasteiger partial charge in [-0.15, -0.1) is 0 Å². The van der Waals surface area contributed by atoms with Crippen molar-refractivity contribution in [2.75, 3.05) is 0 Å². The van der Waals surface area contributed by atoms with E-state index < -0.39 is 33.9 Å². The van der Waals surface area contributed by atoms with Crippen LogP contribution in [0.4, 0.5) is 0 Å². The van der Waals surface area contributed by atoms with Crippen LogP contribution in [-0.4, -0.2) is 26.3 Å². The summed E-state index contributed by atoms with van der Waals surface area (Å²) in [6.07, 6.45) is 3.98. The molecule has 7 heteroatoms. The summed E-state index contributed by atoms with van der Waals surface area (Å²) in [6, 6.07) is 13.2. The highest BCUT2D eigenvalue weighted by atomic mass is 32.2. The van der Waals surface area contributed by atoms with Gasteiger partial charge in [0.15, 0.2) is 0 Å². The molecule has 0 aliphatic heterocycles. The number of nitrogens with one attached hydrogen (secondary N) is 1. The van der Waals surface area contributed by atoms with Crippen molar-refractivity contribution in [3.05, 3.63) is 65.2 Å². The highest BCUT2D eigenvalue weighted by Gasteiger charge is 2.40. The topological polar surface area (TPSA) is 89.5 Å². The number of carbonyl (C=O) groups is 2. The van der Waals surface area contributed by atoms with Crippen LogP contribution in [-0.2, 0) is 30.8 Å². The molecule has 2 aliphatic carbocycles. The normalized spacial score (nSPS) is 21.5. The maximum Gasteiger partial charge on any atom is 0.375 e. The molecule has 1 saturated carbocycles. The van der Waals surface area contributed by atoms with Gasteiger partial charge in [0.2, 0.25) is 15.8 Å². The second-order valence-electron chi connectivity index (χ2n) is 8.46. The lowest BCUT2D eigenvalue weighted by atomic mass is 9.86. The van der Waals surface area contributed by atoms with Crippen LogP contribution in [0.2, 0.25) is 0 Å². The molecule has 2 atom stereocenters. The van der Waals surface area contributed by atoms with Gasteiger partial charge >= 0.3 is 5.97 Å². The predicted octanol–water partition coefficient (Wildman–Crippen LogP) is 3.63. The Bertz CT molecular complexity index is 1070. The molecule has 2 aromatic carbocycles. The van der Waals surface area contributed by atoms with Crippen LogP contribution in [0.25, 0.3) is 0 Å². The first-order chi connectivity index (χ1) is 14.8. The van der Waals surface area contributed by atoms with Crippen LogP contribution < -0.4 is 4.72 Å². The number of hydrogen-bond acceptors (Lipinski definition) is 5. The summed E-state index contributed by atoms with van der Waals surface area (Å²) in [5.74, 6) is -1.63. The minimum absolute atomic E-state index is 0.144. The number of ether oxygens (including phenoxy) is 1. The number of ketones is 1. The van der Waals surface area contributed by atoms with Crippen molar-refractivity contribution in [2.24, 2.45) is 5.92 Å². The van der Waals surface area contributed by atoms with Crippen molar-refractivity contribution in [3.8, 4) is 0 Å². The van der Waals surface area contributed by atoms with Crippen molar-refractivity contribution in [3.63, 3.8) is 0 Å². The van der Waals surface area contributed by atoms with Gasteiger partial charge < -0.3 is 4.74 Å². The third-order valence-electron chi connectivity index (χ3n) is 6.23. The lowest BCUT2D eigenvalue weighted by Gasteiger charge is -2.24. The van der Waals surface area contributed by atoms with Crippen LogP contribution in [0.1, 0.15) is 54.8 Å². The van der Waals surface area contributed by atoms with E-state index in [-0.39, 0.29) is 10.8 Å². The fourth-order valence-corrected chi connectivity index (χ4v) is 5.73. The molecule has 4 rings (SSSR count). The molecule has 2 aromatic rings. The van der Waals surface area contributed by atoms with Gasteiger partial charge in [0.05, 0.1) is 10.9 Å². The van der Waals surface area contributed by atoms with Gasteiger partial charge in [-0.25, -0.2) is 13.2 Å². The third-order valence-corrected chi connectivity index (χ3v) is 7.69. The van der Waals surface area contributed by atoms with Gasteiger partial charge in [0, 0.05) is 12.3 Å². The molecule has 6 nitrogen and oxygen atoms in total. The first-order valence-corrected chi connectivity index (χ1v) is 12.2. The van der Waals surface area contributed by atoms with E-state index in [1.807, 2.05) is 31.2 Å². The standard InChI is InChI=1S/C24H27NO5S/c1-16-11-13-19(14-12-16)31(28,29)25-22-20-10-6-5-9-18(20)15-21(22)30-24(27)23(26)17-7-3-2-4-8-17/h5-6,9-14,17,21-22,25H,2-4,7-8,15H2,1H3. The Morgan fingerprint density at radius 1 is 0.968 bits per heavy atom. The third kappa shape index (κ3) is 4.72. The van der Waals surface area contributed by atoms with E-state index in [1.165, 1.54) is 0 Å². The number of sulfonamides is 1. The molecule has 2 aliphatic rings. The van der Waals surface area contributed by atoms with Crippen molar-refractivity contribution < 1.29 is 22.7 Å². The number of aryl methyl sites for hydroxylation is 1. The van der Waals surface area contributed by atoms with E-state index in [0.29, 0.717) is 19.3 Å². The molecule has 1 N–H and O–H groups in total. The Morgan fingerprint density at radius 2 is 1.65 bits per heavy atom. The summed E-state index contributed by atoms with van der Waals surface area (Å²) < 4.78 is 34.3. The summed E-state index contributed by atoms with van der Waals surface area (Å²) in [4.78, 5) is 25.4. The smallest absolute Gasteiger partial charge is 0.375 e. The molecule has 2 unspecified atom stereocenters. The largest absolute Gasteiger partial charge is 0.454 e. The second kappa shape index (κ2) is 8.93. The summed E-state index contributed by atoms with van der Waals surface area (Å²) in [5, 5.41) is 0. The molecule has 0 saturated heterocycles. The Hall–Kier alpha value is -2.51. The maximum atomic E-state index is 13.0. The highest BCUT2D eigenvalue weighted by Crippen LogP contribution is 2.35. The predicted molar refractivity (Wildman–Crippen MR) is 116 cm³/mol. The molecule has 0 radical (unpaired) electrons. The molecule has 164 valence electrons. The second-order valence-corrected chi connectivity index (χ2v) is 10.2. The van der Waals surface area contributed by atoms with Crippen molar-refractivity contribution in [1.29, 1.82) is 0 Å². The maximum absolute atomic E-state index is 13.0. The quantitative estimate of drug-likeness (QED) is 0.546. The van der Waals surface area contributed by atoms with Crippen LogP contribution >= 0.6 is 0 Å². The molecule has 0 bridgehead atoms. The van der Waals surface area contributed by atoms with Crippen molar-refractivity contribution in [2.45, 2.75) is 62.5 Å². The van der Waals surface area contributed by atoms with Crippen molar-refractivity contribution >= 4 is 21.8 Å². The molecular weight excluding hydrogens is 414 g/mol. The van der Waals surface area contributed by atoms with E-state index in [2.05, 4.69) is 4.72 Å². The number of benzene rings is 2. The fourth-order valence-electron chi connectivity index (χ4n) is 4.49. The SMILES string of the molecule is Cc1ccc(S(=O)(=O)NC2c3ccccc3CC2OC(=O)C(=O)C2CCCCC2)cc1. The Kier molecular flexibility index (Phi) is 6.25. The summed E-state index contributed by atoms with van der Waals surface area (Å²) in [5.41, 5.74) is 2.63. The van der Waals surface area contributed by atoms with Gasteiger partial charge in [0.25, 0.3) is 0 Å². The zero-order valence-electron chi connectivity index (χ0n) is 17.5. The first kappa shape index (κ1) is 21.7. The summed E-state index contributed by atoms with van der Waals surface area (Å²) >= 11 is 0. The molecule has 0 amide bonds. The molecular formula is C24H27NO5S. The zero-order valence-corrected chi connectivity index (χ0v) is 18.4. The van der Waals surface area contributed by atoms with E-state index in [9.17, 15) is 18.0 Å². The molecule has 0 heterocycles. The number of Topliss-reactive ketones (excluding diaryl/α,β-unsaturated/α-hetero) is 1. The lowest BCUT2D eigenvalue weighted by molar-refractivity contribution is -0.160. The molecule has 1 fully saturated rings. The highest BCUT2D eigenvalue weighted by molar-refractivity contribution is 7.89. The van der Waals surface area contributed by atoms with Gasteiger partial charge in [0.1, 0.15) is 6.10 Å². The van der Waals surface area contributed by atoms with Gasteiger partial charge in [-0.2, -0.15) is 4.72 Å². The number of fused-ring (bicyclic) bond motifs is 1. The Balaban J connectivity index is 1.55. The lowest BCUT2D eigenvalue weighted by Crippen LogP contribution is -2.38. The average molecular weight is 442 g/mol. The molecule has 31 heavy (non-hydrogen) atoms. The average Bonchev–Trinajstić information content (AvgIpc) is 3.10. The van der Waals surface area contributed by atoms with Crippen LogP contribution in [0, 0.1) is 12.8 Å². The number of hydrogen-bond donors (Lipinski definition) is 1. The fraction of sp³-hybridized carbons (Fsp3) is 0.417. The van der Waals surface area contributed by atoms with Crippen LogP contribution in [0.15, 0.2) is 53.4 Å². The summed E-state index contributed by atoms with van der Waals surface area (Å²) in [7, 11) is -3.84. The number of rotatable bonds is 6. The van der Waals surface area contributed by atoms with E-state index >= 15 is 0 Å². The van der Waals surface area contributed by atoms with Gasteiger partial charge in [-0.05, 0) is 43.0 Å². The van der Waals surface area contributed by atoms with Gasteiger partial charge in [-0.1, -0.05) is 61.2 Å².